The number of benzene rings is 4. The van der Waals surface area contributed by atoms with Crippen LogP contribution in [-0.2, 0) is 6.61 Å². The number of hydrogen-bond donors (Lipinski definition) is 0. The summed E-state index contributed by atoms with van der Waals surface area (Å²) >= 11 is 12.9. The SMILES string of the molecule is CCOc1cc(C=Nn2c(-c3cc4cc(Cl)ccc4o3)nc3ccccc3c2=O)cc(Cl)c1OCc1ccc2c(c1)OCO2. The minimum absolute atomic E-state index is 0.193. The summed E-state index contributed by atoms with van der Waals surface area (Å²) in [5, 5.41) is 6.60. The number of ether oxygens (including phenoxy) is 4. The molecule has 0 bridgehead atoms. The van der Waals surface area contributed by atoms with Crippen molar-refractivity contribution in [2.45, 2.75) is 13.5 Å². The van der Waals surface area contributed by atoms with E-state index in [1.165, 1.54) is 10.9 Å². The Morgan fingerprint density at radius 1 is 0.977 bits per heavy atom. The second kappa shape index (κ2) is 11.6. The summed E-state index contributed by atoms with van der Waals surface area (Å²) < 4.78 is 30.1. The lowest BCUT2D eigenvalue weighted by Crippen LogP contribution is -2.20. The van der Waals surface area contributed by atoms with Gasteiger partial charge in [-0.3, -0.25) is 4.79 Å². The van der Waals surface area contributed by atoms with Gasteiger partial charge in [-0.1, -0.05) is 41.4 Å². The van der Waals surface area contributed by atoms with E-state index in [9.17, 15) is 4.79 Å². The average Bonchev–Trinajstić information content (AvgIpc) is 3.67. The van der Waals surface area contributed by atoms with Crippen molar-refractivity contribution in [2.75, 3.05) is 13.4 Å². The number of para-hydroxylation sites is 1. The highest BCUT2D eigenvalue weighted by atomic mass is 35.5. The predicted molar refractivity (Wildman–Crippen MR) is 169 cm³/mol. The minimum atomic E-state index is -0.361. The molecule has 220 valence electrons. The molecule has 3 heterocycles. The molecule has 9 nitrogen and oxygen atoms in total. The van der Waals surface area contributed by atoms with Crippen molar-refractivity contribution >= 4 is 51.3 Å². The van der Waals surface area contributed by atoms with Crippen molar-refractivity contribution in [2.24, 2.45) is 5.10 Å². The number of aromatic nitrogens is 2. The van der Waals surface area contributed by atoms with E-state index >= 15 is 0 Å². The molecule has 6 aromatic rings. The Labute approximate surface area is 260 Å². The molecule has 0 radical (unpaired) electrons. The van der Waals surface area contributed by atoms with Gasteiger partial charge in [-0.2, -0.15) is 9.78 Å². The number of fused-ring (bicyclic) bond motifs is 3. The van der Waals surface area contributed by atoms with E-state index in [-0.39, 0.29) is 24.8 Å². The van der Waals surface area contributed by atoms with Crippen LogP contribution < -0.4 is 24.5 Å². The minimum Gasteiger partial charge on any atom is -0.490 e. The molecule has 0 saturated carbocycles. The molecule has 0 fully saturated rings. The lowest BCUT2D eigenvalue weighted by molar-refractivity contribution is 0.174. The third-order valence-electron chi connectivity index (χ3n) is 6.93. The summed E-state index contributed by atoms with van der Waals surface area (Å²) in [5.74, 6) is 2.77. The highest BCUT2D eigenvalue weighted by molar-refractivity contribution is 6.32. The predicted octanol–water partition coefficient (Wildman–Crippen LogP) is 7.71. The molecule has 4 aromatic carbocycles. The Hall–Kier alpha value is -4.99. The molecule has 1 aliphatic heterocycles. The first-order chi connectivity index (χ1) is 21.5. The van der Waals surface area contributed by atoms with Crippen molar-refractivity contribution in [1.82, 2.24) is 9.66 Å². The maximum atomic E-state index is 13.7. The normalized spacial score (nSPS) is 12.4. The fourth-order valence-electron chi connectivity index (χ4n) is 4.89. The molecule has 7 rings (SSSR count). The third-order valence-corrected chi connectivity index (χ3v) is 7.44. The van der Waals surface area contributed by atoms with Gasteiger partial charge in [0.05, 0.1) is 28.7 Å². The van der Waals surface area contributed by atoms with Crippen LogP contribution in [0.2, 0.25) is 10.0 Å². The maximum absolute atomic E-state index is 13.7. The molecular formula is C33H23Cl2N3O6. The Kier molecular flexibility index (Phi) is 7.33. The largest absolute Gasteiger partial charge is 0.490 e. The van der Waals surface area contributed by atoms with Crippen LogP contribution in [-0.4, -0.2) is 29.3 Å². The Morgan fingerprint density at radius 3 is 2.73 bits per heavy atom. The zero-order chi connectivity index (χ0) is 30.2. The molecule has 11 heteroatoms. The monoisotopic (exact) mass is 627 g/mol. The molecule has 0 unspecified atom stereocenters. The van der Waals surface area contributed by atoms with Crippen molar-refractivity contribution in [1.29, 1.82) is 0 Å². The number of furan rings is 1. The second-order valence-electron chi connectivity index (χ2n) is 9.85. The van der Waals surface area contributed by atoms with E-state index < -0.39 is 0 Å². The highest BCUT2D eigenvalue weighted by Crippen LogP contribution is 2.38. The Bertz CT molecular complexity index is 2140. The van der Waals surface area contributed by atoms with Crippen LogP contribution >= 0.6 is 23.2 Å². The van der Waals surface area contributed by atoms with Crippen LogP contribution in [0.15, 0.2) is 93.2 Å². The summed E-state index contributed by atoms with van der Waals surface area (Å²) in [6.45, 7) is 2.67. The molecule has 0 amide bonds. The van der Waals surface area contributed by atoms with Crippen LogP contribution in [0.25, 0.3) is 33.5 Å². The number of hydrogen-bond acceptors (Lipinski definition) is 8. The Balaban J connectivity index is 1.25. The highest BCUT2D eigenvalue weighted by Gasteiger charge is 2.18. The van der Waals surface area contributed by atoms with Gasteiger partial charge in [-0.25, -0.2) is 4.98 Å². The molecule has 0 aliphatic carbocycles. The average molecular weight is 628 g/mol. The van der Waals surface area contributed by atoms with Gasteiger partial charge < -0.3 is 23.4 Å². The van der Waals surface area contributed by atoms with Crippen molar-refractivity contribution < 1.29 is 23.4 Å². The van der Waals surface area contributed by atoms with Gasteiger partial charge in [-0.05, 0) is 78.7 Å². The smallest absolute Gasteiger partial charge is 0.282 e. The summed E-state index contributed by atoms with van der Waals surface area (Å²) in [5.41, 5.74) is 2.22. The van der Waals surface area contributed by atoms with Gasteiger partial charge in [0.25, 0.3) is 5.56 Å². The van der Waals surface area contributed by atoms with Crippen molar-refractivity contribution in [3.05, 3.63) is 110 Å². The van der Waals surface area contributed by atoms with Crippen LogP contribution in [0.4, 0.5) is 0 Å². The lowest BCUT2D eigenvalue weighted by atomic mass is 10.2. The van der Waals surface area contributed by atoms with Crippen LogP contribution in [0.3, 0.4) is 0 Å². The second-order valence-corrected chi connectivity index (χ2v) is 10.7. The summed E-state index contributed by atoms with van der Waals surface area (Å²) in [6, 6.07) is 23.2. The zero-order valence-electron chi connectivity index (χ0n) is 23.3. The topological polar surface area (TPSA) is 97.3 Å². The van der Waals surface area contributed by atoms with E-state index in [2.05, 4.69) is 5.10 Å². The van der Waals surface area contributed by atoms with Gasteiger partial charge in [0.1, 0.15) is 12.2 Å². The van der Waals surface area contributed by atoms with Crippen molar-refractivity contribution in [3.8, 4) is 34.6 Å². The first kappa shape index (κ1) is 27.8. The summed E-state index contributed by atoms with van der Waals surface area (Å²) in [6.07, 6.45) is 1.51. The van der Waals surface area contributed by atoms with Crippen LogP contribution in [0.1, 0.15) is 18.1 Å². The van der Waals surface area contributed by atoms with E-state index in [1.54, 1.807) is 54.6 Å². The Morgan fingerprint density at radius 2 is 1.84 bits per heavy atom. The molecule has 0 atom stereocenters. The molecule has 0 saturated heterocycles. The molecule has 2 aromatic heterocycles. The number of nitrogens with zero attached hydrogens (tertiary/aromatic N) is 3. The fraction of sp³-hybridized carbons (Fsp3) is 0.121. The number of rotatable bonds is 8. The van der Waals surface area contributed by atoms with Gasteiger partial charge >= 0.3 is 0 Å². The summed E-state index contributed by atoms with van der Waals surface area (Å²) in [4.78, 5) is 18.4. The van der Waals surface area contributed by atoms with Crippen LogP contribution in [0, 0.1) is 0 Å². The first-order valence-electron chi connectivity index (χ1n) is 13.7. The van der Waals surface area contributed by atoms with E-state index in [1.807, 2.05) is 31.2 Å². The standard InChI is InChI=1S/C33H23Cl2N3O6/c1-2-40-29-13-20(11-24(35)31(29)41-17-19-7-9-27-28(12-19)43-18-42-27)16-36-38-32(37-25-6-4-3-5-23(25)33(38)39)30-15-21-14-22(34)8-10-26(21)44-30/h3-16H,2,17-18H2,1H3. The first-order valence-corrected chi connectivity index (χ1v) is 14.5. The maximum Gasteiger partial charge on any atom is 0.282 e. The molecule has 0 N–H and O–H groups in total. The molecule has 44 heavy (non-hydrogen) atoms. The van der Waals surface area contributed by atoms with E-state index in [0.29, 0.717) is 67.5 Å². The molecule has 1 aliphatic rings. The fourth-order valence-corrected chi connectivity index (χ4v) is 5.35. The zero-order valence-corrected chi connectivity index (χ0v) is 24.8. The molecule has 0 spiro atoms. The summed E-state index contributed by atoms with van der Waals surface area (Å²) in [7, 11) is 0. The third kappa shape index (κ3) is 5.32. The molecular weight excluding hydrogens is 605 g/mol. The van der Waals surface area contributed by atoms with E-state index in [0.717, 1.165) is 10.9 Å². The van der Waals surface area contributed by atoms with Gasteiger partial charge in [0, 0.05) is 10.4 Å². The van der Waals surface area contributed by atoms with Crippen molar-refractivity contribution in [3.63, 3.8) is 0 Å². The van der Waals surface area contributed by atoms with Gasteiger partial charge in [0.2, 0.25) is 12.6 Å². The lowest BCUT2D eigenvalue weighted by Gasteiger charge is -2.15. The van der Waals surface area contributed by atoms with E-state index in [4.69, 9.17) is 51.6 Å². The van der Waals surface area contributed by atoms with Crippen LogP contribution in [0.5, 0.6) is 23.0 Å². The van der Waals surface area contributed by atoms with Gasteiger partial charge in [0.15, 0.2) is 28.8 Å². The van der Waals surface area contributed by atoms with Gasteiger partial charge in [-0.15, -0.1) is 0 Å². The quantitative estimate of drug-likeness (QED) is 0.159. The number of halogens is 2.